The van der Waals surface area contributed by atoms with E-state index in [9.17, 15) is 15.3 Å². The second-order valence-electron chi connectivity index (χ2n) is 3.32. The second kappa shape index (κ2) is 5.55. The number of hydrogen-bond acceptors (Lipinski definition) is 6. The first kappa shape index (κ1) is 12.6. The Morgan fingerprint density at radius 1 is 1.20 bits per heavy atom. The van der Waals surface area contributed by atoms with Crippen LogP contribution in [-0.4, -0.2) is 64.3 Å². The van der Waals surface area contributed by atoms with Crippen LogP contribution in [0.4, 0.5) is 0 Å². The molecule has 0 aromatic rings. The lowest BCUT2D eigenvalue weighted by atomic mass is 9.99. The van der Waals surface area contributed by atoms with E-state index in [0.29, 0.717) is 0 Å². The number of aliphatic hydroxyl groups excluding tert-OH is 4. The fraction of sp³-hybridized carbons (Fsp3) is 0.778. The average molecular weight is 220 g/mol. The first-order valence-corrected chi connectivity index (χ1v) is 4.64. The summed E-state index contributed by atoms with van der Waals surface area (Å²) in [6, 6.07) is 0. The Bertz CT molecular complexity index is 207. The van der Waals surface area contributed by atoms with Crippen LogP contribution in [0, 0.1) is 0 Å². The first-order valence-electron chi connectivity index (χ1n) is 4.64. The van der Waals surface area contributed by atoms with Gasteiger partial charge in [0.2, 0.25) is 0 Å². The summed E-state index contributed by atoms with van der Waals surface area (Å²) in [5.74, 6) is 0. The molecule has 0 spiro atoms. The van der Waals surface area contributed by atoms with E-state index in [2.05, 4.69) is 6.58 Å². The molecule has 0 aliphatic carbocycles. The molecule has 0 amide bonds. The van der Waals surface area contributed by atoms with E-state index in [1.54, 1.807) is 0 Å². The highest BCUT2D eigenvalue weighted by molar-refractivity contribution is 4.89. The molecule has 1 aliphatic rings. The molecule has 1 saturated heterocycles. The average Bonchev–Trinajstić information content (AvgIpc) is 2.25. The molecule has 0 bridgehead atoms. The Morgan fingerprint density at radius 3 is 2.40 bits per heavy atom. The van der Waals surface area contributed by atoms with E-state index >= 15 is 0 Å². The van der Waals surface area contributed by atoms with Gasteiger partial charge in [-0.25, -0.2) is 0 Å². The van der Waals surface area contributed by atoms with Gasteiger partial charge in [-0.1, -0.05) is 6.08 Å². The summed E-state index contributed by atoms with van der Waals surface area (Å²) in [5.41, 5.74) is 0. The van der Waals surface area contributed by atoms with Gasteiger partial charge in [-0.15, -0.1) is 6.58 Å². The highest BCUT2D eigenvalue weighted by Crippen LogP contribution is 2.21. The van der Waals surface area contributed by atoms with Gasteiger partial charge in [0, 0.05) is 0 Å². The second-order valence-corrected chi connectivity index (χ2v) is 3.32. The number of rotatable bonds is 4. The van der Waals surface area contributed by atoms with Crippen LogP contribution >= 0.6 is 0 Å². The standard InChI is InChI=1S/C9H16O6/c1-2-3-14-9-8(13)7(12)6(11)5(4-10)15-9/h2,5-13H,1,3-4H2/t5-,6+,7+,8-,9-/m0/s1. The Kier molecular flexibility index (Phi) is 4.65. The van der Waals surface area contributed by atoms with Gasteiger partial charge in [-0.05, 0) is 0 Å². The molecule has 0 radical (unpaired) electrons. The summed E-state index contributed by atoms with van der Waals surface area (Å²) >= 11 is 0. The minimum absolute atomic E-state index is 0.142. The van der Waals surface area contributed by atoms with Crippen LogP contribution in [0.3, 0.4) is 0 Å². The van der Waals surface area contributed by atoms with Crippen LogP contribution in [-0.2, 0) is 9.47 Å². The summed E-state index contributed by atoms with van der Waals surface area (Å²) in [4.78, 5) is 0. The zero-order chi connectivity index (χ0) is 11.4. The van der Waals surface area contributed by atoms with Crippen molar-refractivity contribution in [2.45, 2.75) is 30.7 Å². The molecule has 0 aromatic heterocycles. The fourth-order valence-corrected chi connectivity index (χ4v) is 1.37. The molecule has 88 valence electrons. The zero-order valence-electron chi connectivity index (χ0n) is 8.19. The minimum Gasteiger partial charge on any atom is -0.394 e. The lowest BCUT2D eigenvalue weighted by molar-refractivity contribution is -0.298. The van der Waals surface area contributed by atoms with Crippen molar-refractivity contribution in [3.63, 3.8) is 0 Å². The van der Waals surface area contributed by atoms with E-state index in [0.717, 1.165) is 0 Å². The van der Waals surface area contributed by atoms with Crippen molar-refractivity contribution in [3.05, 3.63) is 12.7 Å². The Labute approximate surface area is 87.4 Å². The van der Waals surface area contributed by atoms with E-state index in [1.807, 2.05) is 0 Å². The van der Waals surface area contributed by atoms with Crippen molar-refractivity contribution in [3.8, 4) is 0 Å². The third kappa shape index (κ3) is 2.75. The van der Waals surface area contributed by atoms with Gasteiger partial charge >= 0.3 is 0 Å². The molecule has 1 fully saturated rings. The Hall–Kier alpha value is -0.500. The summed E-state index contributed by atoms with van der Waals surface area (Å²) in [6.45, 7) is 3.10. The Morgan fingerprint density at radius 2 is 1.87 bits per heavy atom. The van der Waals surface area contributed by atoms with Gasteiger partial charge in [0.15, 0.2) is 6.29 Å². The molecule has 5 atom stereocenters. The van der Waals surface area contributed by atoms with Gasteiger partial charge in [-0.3, -0.25) is 0 Å². The molecule has 4 N–H and O–H groups in total. The molecule has 1 rings (SSSR count). The maximum Gasteiger partial charge on any atom is 0.187 e. The largest absolute Gasteiger partial charge is 0.394 e. The van der Waals surface area contributed by atoms with Gasteiger partial charge < -0.3 is 29.9 Å². The van der Waals surface area contributed by atoms with Crippen LogP contribution in [0.25, 0.3) is 0 Å². The lowest BCUT2D eigenvalue weighted by Gasteiger charge is -2.39. The molecule has 0 aromatic carbocycles. The summed E-state index contributed by atoms with van der Waals surface area (Å²) < 4.78 is 10.1. The molecule has 6 heteroatoms. The SMILES string of the molecule is C=CCO[C@H]1O[C@@H](CO)[C@@H](O)[C@@H](O)[C@@H]1O. The molecule has 1 heterocycles. The van der Waals surface area contributed by atoms with E-state index < -0.39 is 37.3 Å². The molecule has 0 unspecified atom stereocenters. The lowest BCUT2D eigenvalue weighted by Crippen LogP contribution is -2.59. The third-order valence-electron chi connectivity index (χ3n) is 2.23. The van der Waals surface area contributed by atoms with Gasteiger partial charge in [0.1, 0.15) is 24.4 Å². The van der Waals surface area contributed by atoms with Gasteiger partial charge in [0.05, 0.1) is 13.2 Å². The highest BCUT2D eigenvalue weighted by atomic mass is 16.7. The smallest absolute Gasteiger partial charge is 0.187 e. The van der Waals surface area contributed by atoms with Crippen LogP contribution < -0.4 is 0 Å². The van der Waals surface area contributed by atoms with Crippen molar-refractivity contribution in [1.29, 1.82) is 0 Å². The summed E-state index contributed by atoms with van der Waals surface area (Å²) in [7, 11) is 0. The van der Waals surface area contributed by atoms with Gasteiger partial charge in [0.25, 0.3) is 0 Å². The van der Waals surface area contributed by atoms with Crippen molar-refractivity contribution < 1.29 is 29.9 Å². The predicted octanol–water partition coefficient (Wildman–Crippen LogP) is -2.01. The molecular formula is C9H16O6. The van der Waals surface area contributed by atoms with Crippen molar-refractivity contribution in [2.24, 2.45) is 0 Å². The number of ether oxygens (including phenoxy) is 2. The number of hydrogen-bond donors (Lipinski definition) is 4. The zero-order valence-corrected chi connectivity index (χ0v) is 8.19. The normalized spacial score (nSPS) is 41.5. The molecular weight excluding hydrogens is 204 g/mol. The highest BCUT2D eigenvalue weighted by Gasteiger charge is 2.43. The minimum atomic E-state index is -1.40. The van der Waals surface area contributed by atoms with Crippen LogP contribution in [0.5, 0.6) is 0 Å². The fourth-order valence-electron chi connectivity index (χ4n) is 1.37. The summed E-state index contributed by atoms with van der Waals surface area (Å²) in [5, 5.41) is 37.1. The van der Waals surface area contributed by atoms with Gasteiger partial charge in [-0.2, -0.15) is 0 Å². The van der Waals surface area contributed by atoms with Crippen molar-refractivity contribution in [1.82, 2.24) is 0 Å². The van der Waals surface area contributed by atoms with Crippen LogP contribution in [0.2, 0.25) is 0 Å². The molecule has 0 saturated carbocycles. The number of aliphatic hydroxyl groups is 4. The molecule has 15 heavy (non-hydrogen) atoms. The van der Waals surface area contributed by atoms with Crippen LogP contribution in [0.15, 0.2) is 12.7 Å². The first-order chi connectivity index (χ1) is 7.11. The maximum absolute atomic E-state index is 9.47. The quantitative estimate of drug-likeness (QED) is 0.408. The van der Waals surface area contributed by atoms with Crippen molar-refractivity contribution in [2.75, 3.05) is 13.2 Å². The van der Waals surface area contributed by atoms with E-state index in [4.69, 9.17) is 14.6 Å². The van der Waals surface area contributed by atoms with Crippen molar-refractivity contribution >= 4 is 0 Å². The molecule has 1 aliphatic heterocycles. The van der Waals surface area contributed by atoms with Crippen LogP contribution in [0.1, 0.15) is 0 Å². The summed E-state index contributed by atoms with van der Waals surface area (Å²) in [6.07, 6.45) is -4.64. The maximum atomic E-state index is 9.47. The molecule has 6 nitrogen and oxygen atoms in total. The van der Waals surface area contributed by atoms with E-state index in [1.165, 1.54) is 6.08 Å². The third-order valence-corrected chi connectivity index (χ3v) is 2.23. The van der Waals surface area contributed by atoms with E-state index in [-0.39, 0.29) is 6.61 Å². The Balaban J connectivity index is 2.60. The monoisotopic (exact) mass is 220 g/mol. The topological polar surface area (TPSA) is 99.4 Å². The predicted molar refractivity (Wildman–Crippen MR) is 49.9 cm³/mol.